The summed E-state index contributed by atoms with van der Waals surface area (Å²) in [7, 11) is 0. The van der Waals surface area contributed by atoms with Gasteiger partial charge < -0.3 is 4.74 Å². The van der Waals surface area contributed by atoms with Crippen molar-refractivity contribution in [2.45, 2.75) is 5.41 Å². The van der Waals surface area contributed by atoms with E-state index < -0.39 is 5.41 Å². The van der Waals surface area contributed by atoms with E-state index in [1.54, 1.807) is 0 Å². The molecule has 0 unspecified atom stereocenters. The molecule has 2 aromatic heterocycles. The van der Waals surface area contributed by atoms with Crippen LogP contribution in [0.25, 0.3) is 87.1 Å². The third-order valence-corrected chi connectivity index (χ3v) is 14.0. The lowest BCUT2D eigenvalue weighted by atomic mass is 9.66. The standard InChI is InChI=1S/C57H34N2OS/c1-2-17-37-35(15-1)16-13-22-38(37)39-18-3-4-20-41(39)50-34-51(44-24-14-23-43-42-21-6-12-30-54(42)61-55(43)44)59-56(58-50)36-31-32-47-45(33-36)40-19-5-7-25-46(40)57(47)48-26-8-10-28-52(48)60-53-29-11-9-27-49(53)57/h1-34H. The van der Waals surface area contributed by atoms with Gasteiger partial charge in [0.15, 0.2) is 5.82 Å². The second-order valence-electron chi connectivity index (χ2n) is 16.0. The zero-order chi connectivity index (χ0) is 40.1. The summed E-state index contributed by atoms with van der Waals surface area (Å²) in [4.78, 5) is 11.0. The number of para-hydroxylation sites is 2. The molecular weight excluding hydrogens is 761 g/mol. The molecule has 0 N–H and O–H groups in total. The number of hydrogen-bond acceptors (Lipinski definition) is 4. The fourth-order valence-corrected chi connectivity index (χ4v) is 11.4. The monoisotopic (exact) mass is 794 g/mol. The van der Waals surface area contributed by atoms with E-state index in [9.17, 15) is 0 Å². The first-order chi connectivity index (χ1) is 30.2. The van der Waals surface area contributed by atoms with Gasteiger partial charge in [-0.2, -0.15) is 0 Å². The average molecular weight is 795 g/mol. The van der Waals surface area contributed by atoms with Crippen molar-refractivity contribution < 1.29 is 4.74 Å². The first-order valence-corrected chi connectivity index (χ1v) is 21.5. The molecule has 0 atom stereocenters. The minimum atomic E-state index is -0.544. The molecule has 11 aromatic rings. The number of ether oxygens (including phenoxy) is 1. The molecule has 61 heavy (non-hydrogen) atoms. The number of hydrogen-bond donors (Lipinski definition) is 0. The highest BCUT2D eigenvalue weighted by Crippen LogP contribution is 2.62. The molecule has 0 bridgehead atoms. The van der Waals surface area contributed by atoms with Crippen molar-refractivity contribution in [2.24, 2.45) is 0 Å². The van der Waals surface area contributed by atoms with Crippen LogP contribution in [-0.4, -0.2) is 9.97 Å². The molecule has 1 spiro atoms. The molecule has 3 heterocycles. The van der Waals surface area contributed by atoms with Crippen LogP contribution in [0.2, 0.25) is 0 Å². The minimum Gasteiger partial charge on any atom is -0.457 e. The average Bonchev–Trinajstić information content (AvgIpc) is 3.85. The molecule has 1 aliphatic carbocycles. The third kappa shape index (κ3) is 4.97. The van der Waals surface area contributed by atoms with Gasteiger partial charge in [0.2, 0.25) is 0 Å². The topological polar surface area (TPSA) is 35.0 Å². The molecule has 0 saturated heterocycles. The van der Waals surface area contributed by atoms with E-state index in [-0.39, 0.29) is 0 Å². The summed E-state index contributed by atoms with van der Waals surface area (Å²) in [6, 6.07) is 74.1. The molecule has 4 heteroatoms. The smallest absolute Gasteiger partial charge is 0.160 e. The second kappa shape index (κ2) is 13.2. The lowest BCUT2D eigenvalue weighted by Gasteiger charge is -2.39. The first-order valence-electron chi connectivity index (χ1n) is 20.7. The quantitative estimate of drug-likeness (QED) is 0.178. The van der Waals surface area contributed by atoms with Crippen LogP contribution < -0.4 is 4.74 Å². The van der Waals surface area contributed by atoms with Gasteiger partial charge in [0, 0.05) is 48.0 Å². The number of aromatic nitrogens is 2. The molecule has 284 valence electrons. The molecular formula is C57H34N2OS. The molecule has 0 amide bonds. The van der Waals surface area contributed by atoms with Gasteiger partial charge in [-0.15, -0.1) is 11.3 Å². The Bertz CT molecular complexity index is 3550. The number of benzene rings is 9. The highest BCUT2D eigenvalue weighted by Gasteiger charge is 2.51. The highest BCUT2D eigenvalue weighted by molar-refractivity contribution is 7.26. The molecule has 13 rings (SSSR count). The van der Waals surface area contributed by atoms with Crippen molar-refractivity contribution in [3.8, 4) is 67.7 Å². The summed E-state index contributed by atoms with van der Waals surface area (Å²) in [6.45, 7) is 0. The Morgan fingerprint density at radius 1 is 0.377 bits per heavy atom. The second-order valence-corrected chi connectivity index (χ2v) is 17.0. The maximum absolute atomic E-state index is 6.59. The number of nitrogens with zero attached hydrogens (tertiary/aromatic N) is 2. The lowest BCUT2D eigenvalue weighted by Crippen LogP contribution is -2.32. The summed E-state index contributed by atoms with van der Waals surface area (Å²) in [5, 5.41) is 4.93. The predicted molar refractivity (Wildman–Crippen MR) is 252 cm³/mol. The SMILES string of the molecule is c1ccc2c(c1)Oc1ccccc1C21c2ccccc2-c2cc(-c3nc(-c4ccccc4-c4cccc5ccccc45)cc(-c4cccc5c4sc4ccccc45)n3)ccc21. The van der Waals surface area contributed by atoms with E-state index in [0.717, 1.165) is 56.3 Å². The van der Waals surface area contributed by atoms with Crippen LogP contribution in [0.3, 0.4) is 0 Å². The van der Waals surface area contributed by atoms with Crippen LogP contribution in [0, 0.1) is 0 Å². The molecule has 0 saturated carbocycles. The summed E-state index contributed by atoms with van der Waals surface area (Å²) in [5.41, 5.74) is 13.8. The molecule has 3 nitrogen and oxygen atoms in total. The van der Waals surface area contributed by atoms with Crippen molar-refractivity contribution in [3.63, 3.8) is 0 Å². The van der Waals surface area contributed by atoms with E-state index in [1.165, 1.54) is 58.8 Å². The van der Waals surface area contributed by atoms with Gasteiger partial charge in [-0.1, -0.05) is 176 Å². The Kier molecular flexibility index (Phi) is 7.39. The molecule has 0 fully saturated rings. The fraction of sp³-hybridized carbons (Fsp3) is 0.0175. The van der Waals surface area contributed by atoms with Crippen molar-refractivity contribution in [3.05, 3.63) is 229 Å². The molecule has 9 aromatic carbocycles. The van der Waals surface area contributed by atoms with Crippen LogP contribution >= 0.6 is 11.3 Å². The predicted octanol–water partition coefficient (Wildman–Crippen LogP) is 15.1. The minimum absolute atomic E-state index is 0.544. The Labute approximate surface area is 356 Å². The van der Waals surface area contributed by atoms with Gasteiger partial charge in [0.05, 0.1) is 16.8 Å². The zero-order valence-corrected chi connectivity index (χ0v) is 33.7. The summed E-state index contributed by atoms with van der Waals surface area (Å²) >= 11 is 1.83. The maximum atomic E-state index is 6.59. The van der Waals surface area contributed by atoms with Gasteiger partial charge in [0.1, 0.15) is 11.5 Å². The van der Waals surface area contributed by atoms with Crippen molar-refractivity contribution in [1.29, 1.82) is 0 Å². The van der Waals surface area contributed by atoms with Gasteiger partial charge in [0.25, 0.3) is 0 Å². The fourth-order valence-electron chi connectivity index (χ4n) is 10.2. The normalized spacial score (nSPS) is 13.2. The van der Waals surface area contributed by atoms with Gasteiger partial charge >= 0.3 is 0 Å². The Morgan fingerprint density at radius 3 is 1.75 bits per heavy atom. The molecule has 1 aliphatic heterocycles. The summed E-state index contributed by atoms with van der Waals surface area (Å²) in [5.74, 6) is 2.45. The van der Waals surface area contributed by atoms with Crippen LogP contribution in [-0.2, 0) is 5.41 Å². The van der Waals surface area contributed by atoms with Crippen molar-refractivity contribution in [2.75, 3.05) is 0 Å². The highest BCUT2D eigenvalue weighted by atomic mass is 32.1. The number of fused-ring (bicyclic) bond motifs is 13. The summed E-state index contributed by atoms with van der Waals surface area (Å²) < 4.78 is 9.09. The van der Waals surface area contributed by atoms with Gasteiger partial charge in [-0.05, 0) is 74.5 Å². The lowest BCUT2D eigenvalue weighted by molar-refractivity contribution is 0.436. The van der Waals surface area contributed by atoms with E-state index in [4.69, 9.17) is 14.7 Å². The molecule has 2 aliphatic rings. The van der Waals surface area contributed by atoms with E-state index in [1.807, 2.05) is 11.3 Å². The Balaban J connectivity index is 1.07. The van der Waals surface area contributed by atoms with Crippen molar-refractivity contribution in [1.82, 2.24) is 9.97 Å². The van der Waals surface area contributed by atoms with Crippen LogP contribution in [0.4, 0.5) is 0 Å². The van der Waals surface area contributed by atoms with Crippen molar-refractivity contribution >= 4 is 42.3 Å². The number of rotatable bonds is 4. The number of thiophene rings is 1. The van der Waals surface area contributed by atoms with Gasteiger partial charge in [-0.25, -0.2) is 9.97 Å². The van der Waals surface area contributed by atoms with E-state index in [0.29, 0.717) is 5.82 Å². The Hall–Kier alpha value is -7.66. The summed E-state index contributed by atoms with van der Waals surface area (Å²) in [6.07, 6.45) is 0. The van der Waals surface area contributed by atoms with E-state index in [2.05, 4.69) is 206 Å². The molecule has 0 radical (unpaired) electrons. The van der Waals surface area contributed by atoms with Crippen LogP contribution in [0.15, 0.2) is 206 Å². The third-order valence-electron chi connectivity index (χ3n) is 12.8. The first kappa shape index (κ1) is 34.2. The maximum Gasteiger partial charge on any atom is 0.160 e. The van der Waals surface area contributed by atoms with Crippen LogP contribution in [0.5, 0.6) is 11.5 Å². The zero-order valence-electron chi connectivity index (χ0n) is 32.8. The van der Waals surface area contributed by atoms with Gasteiger partial charge in [-0.3, -0.25) is 0 Å². The Morgan fingerprint density at radius 2 is 0.934 bits per heavy atom. The largest absolute Gasteiger partial charge is 0.457 e. The van der Waals surface area contributed by atoms with Crippen LogP contribution in [0.1, 0.15) is 22.3 Å². The van der Waals surface area contributed by atoms with E-state index >= 15 is 0 Å².